The van der Waals surface area contributed by atoms with E-state index < -0.39 is 30.5 Å². The number of carboxylic acid groups (broad SMARTS) is 1. The second-order valence-electron chi connectivity index (χ2n) is 7.82. The molecule has 2 aromatic heterocycles. The molecular formula is C24H26F3N3O3. The fourth-order valence-corrected chi connectivity index (χ4v) is 3.61. The van der Waals surface area contributed by atoms with E-state index in [0.717, 1.165) is 5.82 Å². The minimum atomic E-state index is -4.45. The number of aromatic nitrogens is 2. The topological polar surface area (TPSA) is 67.6 Å². The number of aliphatic carboxylic acids is 1. The van der Waals surface area contributed by atoms with E-state index in [9.17, 15) is 23.1 Å². The Bertz CT molecular complexity index is 1010. The van der Waals surface area contributed by atoms with Gasteiger partial charge in [-0.05, 0) is 48.4 Å². The lowest BCUT2D eigenvalue weighted by Crippen LogP contribution is -2.44. The molecule has 0 saturated heterocycles. The number of rotatable bonds is 11. The standard InChI is InChI=1S/C24H26F3N3O3/c1-29(21-6-2-3-13-28-21)16-17-33-20-9-7-19(8-10-20)18-23(22(31)32,11-12-24(25,26)27)30-14-4-5-15-30/h2-10,13-15H,11-12,16-18H2,1H3,(H,31,32). The molecule has 0 radical (unpaired) electrons. The zero-order valence-electron chi connectivity index (χ0n) is 18.2. The lowest BCUT2D eigenvalue weighted by molar-refractivity contribution is -0.156. The molecule has 1 N–H and O–H groups in total. The molecule has 2 heterocycles. The van der Waals surface area contributed by atoms with Crippen LogP contribution >= 0.6 is 0 Å². The van der Waals surface area contributed by atoms with Crippen molar-refractivity contribution >= 4 is 11.8 Å². The molecule has 0 amide bonds. The van der Waals surface area contributed by atoms with E-state index in [4.69, 9.17) is 4.74 Å². The number of carbonyl (C=O) groups is 1. The van der Waals surface area contributed by atoms with Gasteiger partial charge in [0.15, 0.2) is 0 Å². The zero-order chi connectivity index (χ0) is 23.9. The second kappa shape index (κ2) is 10.4. The Morgan fingerprint density at radius 3 is 2.33 bits per heavy atom. The molecule has 176 valence electrons. The number of pyridine rings is 1. The van der Waals surface area contributed by atoms with Crippen LogP contribution < -0.4 is 9.64 Å². The van der Waals surface area contributed by atoms with Crippen LogP contribution in [0.2, 0.25) is 0 Å². The Morgan fingerprint density at radius 1 is 1.06 bits per heavy atom. The third-order valence-corrected chi connectivity index (χ3v) is 5.47. The summed E-state index contributed by atoms with van der Waals surface area (Å²) < 4.78 is 45.9. The Hall–Kier alpha value is -3.49. The van der Waals surface area contributed by atoms with E-state index in [0.29, 0.717) is 24.5 Å². The van der Waals surface area contributed by atoms with Gasteiger partial charge >= 0.3 is 12.1 Å². The van der Waals surface area contributed by atoms with Gasteiger partial charge in [-0.1, -0.05) is 18.2 Å². The number of benzene rings is 1. The molecule has 0 spiro atoms. The highest BCUT2D eigenvalue weighted by Gasteiger charge is 2.43. The van der Waals surface area contributed by atoms with Crippen molar-refractivity contribution in [1.82, 2.24) is 9.55 Å². The zero-order valence-corrected chi connectivity index (χ0v) is 18.2. The van der Waals surface area contributed by atoms with Gasteiger partial charge in [-0.15, -0.1) is 0 Å². The van der Waals surface area contributed by atoms with Crippen molar-refractivity contribution in [3.63, 3.8) is 0 Å². The summed E-state index contributed by atoms with van der Waals surface area (Å²) in [4.78, 5) is 18.4. The van der Waals surface area contributed by atoms with Crippen LogP contribution in [-0.2, 0) is 16.8 Å². The van der Waals surface area contributed by atoms with Gasteiger partial charge in [-0.2, -0.15) is 13.2 Å². The van der Waals surface area contributed by atoms with Crippen LogP contribution in [0.5, 0.6) is 5.75 Å². The maximum Gasteiger partial charge on any atom is 0.389 e. The smallest absolute Gasteiger partial charge is 0.389 e. The SMILES string of the molecule is CN(CCOc1ccc(CC(CCC(F)(F)F)(C(=O)O)n2cccc2)cc1)c1ccccn1. The molecule has 1 unspecified atom stereocenters. The van der Waals surface area contributed by atoms with Gasteiger partial charge in [0.2, 0.25) is 0 Å². The number of alkyl halides is 3. The van der Waals surface area contributed by atoms with Crippen molar-refractivity contribution in [3.05, 3.63) is 78.8 Å². The van der Waals surface area contributed by atoms with Crippen LogP contribution in [0.3, 0.4) is 0 Å². The molecule has 0 aliphatic carbocycles. The highest BCUT2D eigenvalue weighted by Crippen LogP contribution is 2.34. The number of carboxylic acids is 1. The Morgan fingerprint density at radius 2 is 1.76 bits per heavy atom. The molecule has 33 heavy (non-hydrogen) atoms. The van der Waals surface area contributed by atoms with Gasteiger partial charge in [-0.3, -0.25) is 0 Å². The van der Waals surface area contributed by atoms with E-state index in [2.05, 4.69) is 4.98 Å². The predicted molar refractivity (Wildman–Crippen MR) is 118 cm³/mol. The molecule has 1 atom stereocenters. The highest BCUT2D eigenvalue weighted by atomic mass is 19.4. The first-order valence-electron chi connectivity index (χ1n) is 10.5. The number of ether oxygens (including phenoxy) is 1. The summed E-state index contributed by atoms with van der Waals surface area (Å²) in [6, 6.07) is 15.6. The van der Waals surface area contributed by atoms with Crippen LogP contribution in [0.15, 0.2) is 73.2 Å². The largest absolute Gasteiger partial charge is 0.492 e. The van der Waals surface area contributed by atoms with Gasteiger partial charge in [0.25, 0.3) is 0 Å². The summed E-state index contributed by atoms with van der Waals surface area (Å²) in [5.74, 6) is 0.108. The van der Waals surface area contributed by atoms with Gasteiger partial charge in [-0.25, -0.2) is 9.78 Å². The minimum Gasteiger partial charge on any atom is -0.492 e. The molecule has 6 nitrogen and oxygen atoms in total. The molecule has 0 bridgehead atoms. The first-order valence-corrected chi connectivity index (χ1v) is 10.5. The van der Waals surface area contributed by atoms with Gasteiger partial charge < -0.3 is 19.3 Å². The summed E-state index contributed by atoms with van der Waals surface area (Å²) in [5, 5.41) is 9.95. The maximum atomic E-state index is 12.9. The molecule has 0 aliphatic rings. The van der Waals surface area contributed by atoms with Crippen molar-refractivity contribution in [2.75, 3.05) is 25.1 Å². The molecule has 3 aromatic rings. The first kappa shape index (κ1) is 24.2. The average molecular weight is 461 g/mol. The molecule has 0 aliphatic heterocycles. The normalized spacial score (nSPS) is 13.3. The van der Waals surface area contributed by atoms with Crippen LogP contribution in [0.1, 0.15) is 18.4 Å². The number of likely N-dealkylation sites (N-methyl/N-ethyl adjacent to an activating group) is 1. The number of nitrogens with zero attached hydrogens (tertiary/aromatic N) is 3. The maximum absolute atomic E-state index is 12.9. The van der Waals surface area contributed by atoms with E-state index in [1.54, 1.807) is 42.6 Å². The Labute approximate surface area is 190 Å². The fourth-order valence-electron chi connectivity index (χ4n) is 3.61. The third-order valence-electron chi connectivity index (χ3n) is 5.47. The average Bonchev–Trinajstić information content (AvgIpc) is 3.33. The Kier molecular flexibility index (Phi) is 7.63. The molecule has 9 heteroatoms. The van der Waals surface area contributed by atoms with Gasteiger partial charge in [0.05, 0.1) is 6.54 Å². The van der Waals surface area contributed by atoms with E-state index in [1.165, 1.54) is 17.0 Å². The number of halogens is 3. The molecule has 1 aromatic carbocycles. The van der Waals surface area contributed by atoms with Crippen molar-refractivity contribution < 1.29 is 27.8 Å². The lowest BCUT2D eigenvalue weighted by atomic mass is 9.85. The monoisotopic (exact) mass is 461 g/mol. The van der Waals surface area contributed by atoms with Crippen LogP contribution in [-0.4, -0.2) is 47.0 Å². The lowest BCUT2D eigenvalue weighted by Gasteiger charge is -2.32. The summed E-state index contributed by atoms with van der Waals surface area (Å²) in [6.45, 7) is 1.01. The summed E-state index contributed by atoms with van der Waals surface area (Å²) >= 11 is 0. The number of hydrogen-bond donors (Lipinski definition) is 1. The summed E-state index contributed by atoms with van der Waals surface area (Å²) in [7, 11) is 1.91. The fraction of sp³-hybridized carbons (Fsp3) is 0.333. The van der Waals surface area contributed by atoms with Crippen LogP contribution in [0.4, 0.5) is 19.0 Å². The van der Waals surface area contributed by atoms with Crippen molar-refractivity contribution in [2.45, 2.75) is 31.0 Å². The minimum absolute atomic E-state index is 0.0875. The first-order chi connectivity index (χ1) is 15.7. The quantitative estimate of drug-likeness (QED) is 0.446. The highest BCUT2D eigenvalue weighted by molar-refractivity contribution is 5.77. The number of hydrogen-bond acceptors (Lipinski definition) is 4. The molecule has 0 saturated carbocycles. The van der Waals surface area contributed by atoms with Crippen molar-refractivity contribution in [2.24, 2.45) is 0 Å². The summed E-state index contributed by atoms with van der Waals surface area (Å²) in [5.41, 5.74) is -1.14. The Balaban J connectivity index is 1.67. The molecule has 0 fully saturated rings. The van der Waals surface area contributed by atoms with Crippen LogP contribution in [0.25, 0.3) is 0 Å². The van der Waals surface area contributed by atoms with E-state index in [1.807, 2.05) is 30.1 Å². The summed E-state index contributed by atoms with van der Waals surface area (Å²) in [6.07, 6.45) is -1.62. The predicted octanol–water partition coefficient (Wildman–Crippen LogP) is 4.76. The van der Waals surface area contributed by atoms with Gasteiger partial charge in [0, 0.05) is 38.5 Å². The third kappa shape index (κ3) is 6.50. The van der Waals surface area contributed by atoms with Crippen LogP contribution in [0, 0.1) is 0 Å². The second-order valence-corrected chi connectivity index (χ2v) is 7.82. The van der Waals surface area contributed by atoms with Crippen molar-refractivity contribution in [3.8, 4) is 5.75 Å². The molecule has 3 rings (SSSR count). The van der Waals surface area contributed by atoms with Gasteiger partial charge in [0.1, 0.15) is 23.7 Å². The van der Waals surface area contributed by atoms with Crippen molar-refractivity contribution in [1.29, 1.82) is 0 Å². The number of anilines is 1. The van der Waals surface area contributed by atoms with E-state index >= 15 is 0 Å². The molecular weight excluding hydrogens is 435 g/mol. The van der Waals surface area contributed by atoms with E-state index in [-0.39, 0.29) is 6.42 Å².